The Morgan fingerprint density at radius 3 is 1.62 bits per heavy atom. The van der Waals surface area contributed by atoms with Crippen LogP contribution in [0.25, 0.3) is 11.0 Å². The molecule has 0 atom stereocenters. The van der Waals surface area contributed by atoms with Crippen LogP contribution in [-0.4, -0.2) is 25.3 Å². The average molecular weight is 554 g/mol. The van der Waals surface area contributed by atoms with Crippen molar-refractivity contribution in [3.8, 4) is 5.75 Å². The summed E-state index contributed by atoms with van der Waals surface area (Å²) >= 11 is 0. The molecule has 0 unspecified atom stereocenters. The van der Waals surface area contributed by atoms with E-state index in [1.807, 2.05) is 0 Å². The summed E-state index contributed by atoms with van der Waals surface area (Å²) < 4.78 is 86.0. The molecule has 1 heterocycles. The molecule has 0 fully saturated rings. The van der Waals surface area contributed by atoms with Crippen molar-refractivity contribution in [2.24, 2.45) is 0 Å². The molecule has 1 aliphatic heterocycles. The number of rotatable bonds is 6. The van der Waals surface area contributed by atoms with Crippen LogP contribution in [0.3, 0.4) is 0 Å². The van der Waals surface area contributed by atoms with Gasteiger partial charge in [0.05, 0.1) is 15.5 Å². The smallest absolute Gasteiger partial charge is 0.339 e. The van der Waals surface area contributed by atoms with Gasteiger partial charge in [0.15, 0.2) is 0 Å². The van der Waals surface area contributed by atoms with Crippen molar-refractivity contribution in [2.45, 2.75) is 9.79 Å². The van der Waals surface area contributed by atoms with E-state index in [0.29, 0.717) is 9.27 Å². The molecular formula is C26H19NO7S3. The van der Waals surface area contributed by atoms with E-state index in [2.05, 4.69) is 0 Å². The van der Waals surface area contributed by atoms with E-state index in [-0.39, 0.29) is 31.7 Å². The van der Waals surface area contributed by atoms with Gasteiger partial charge in [-0.2, -0.15) is 12.1 Å². The fourth-order valence-electron chi connectivity index (χ4n) is 3.83. The molecule has 37 heavy (non-hydrogen) atoms. The number of sulfonamides is 2. The molecule has 4 aromatic rings. The molecule has 0 N–H and O–H groups in total. The van der Waals surface area contributed by atoms with E-state index in [1.165, 1.54) is 72.8 Å². The molecule has 0 amide bonds. The lowest BCUT2D eigenvalue weighted by Crippen LogP contribution is -2.37. The van der Waals surface area contributed by atoms with Gasteiger partial charge in [-0.05, 0) is 54.1 Å². The van der Waals surface area contributed by atoms with E-state index in [1.54, 1.807) is 42.5 Å². The zero-order valence-corrected chi connectivity index (χ0v) is 21.4. The fraction of sp³-hybridized carbons (Fsp3) is 0. The van der Waals surface area contributed by atoms with E-state index in [9.17, 15) is 25.3 Å². The van der Waals surface area contributed by atoms with Crippen molar-refractivity contribution in [2.75, 3.05) is 3.71 Å². The summed E-state index contributed by atoms with van der Waals surface area (Å²) in [6.45, 7) is 0. The molecule has 0 saturated heterocycles. The Balaban J connectivity index is 1.73. The first-order valence-electron chi connectivity index (χ1n) is 10.9. The number of fused-ring (bicyclic) bond motifs is 1. The summed E-state index contributed by atoms with van der Waals surface area (Å²) in [6, 6.07) is 26.3. The second-order valence-corrected chi connectivity index (χ2v) is 13.3. The third-order valence-corrected chi connectivity index (χ3v) is 11.0. The van der Waals surface area contributed by atoms with Crippen LogP contribution in [0.5, 0.6) is 5.75 Å². The minimum atomic E-state index is -4.61. The highest BCUT2D eigenvalue weighted by atomic mass is 32.3. The van der Waals surface area contributed by atoms with Crippen molar-refractivity contribution < 1.29 is 29.4 Å². The molecule has 11 heteroatoms. The lowest BCUT2D eigenvalue weighted by Gasteiger charge is -2.25. The van der Waals surface area contributed by atoms with Gasteiger partial charge in [0.1, 0.15) is 10.7 Å². The molecule has 0 aliphatic carbocycles. The summed E-state index contributed by atoms with van der Waals surface area (Å²) in [5, 5.41) is 0. The van der Waals surface area contributed by atoms with Gasteiger partial charge >= 0.3 is 10.1 Å². The first-order chi connectivity index (χ1) is 17.6. The molecule has 0 saturated carbocycles. The highest BCUT2D eigenvalue weighted by Gasteiger charge is 2.38. The van der Waals surface area contributed by atoms with Crippen LogP contribution in [0.15, 0.2) is 119 Å². The molecule has 0 bridgehead atoms. The van der Waals surface area contributed by atoms with Gasteiger partial charge in [0.25, 0.3) is 20.0 Å². The molecule has 8 nitrogen and oxygen atoms in total. The lowest BCUT2D eigenvalue weighted by atomic mass is 10.1. The van der Waals surface area contributed by atoms with Crippen molar-refractivity contribution in [1.82, 2.24) is 0 Å². The Morgan fingerprint density at radius 1 is 0.622 bits per heavy atom. The molecule has 0 radical (unpaired) electrons. The van der Waals surface area contributed by atoms with Gasteiger partial charge in [-0.1, -0.05) is 66.7 Å². The average Bonchev–Trinajstić information content (AvgIpc) is 2.89. The number of hydrogen-bond acceptors (Lipinski definition) is 7. The Morgan fingerprint density at radius 2 is 1.11 bits per heavy atom. The summed E-state index contributed by atoms with van der Waals surface area (Å²) in [5.74, 6) is -0.0578. The standard InChI is InChI=1S/C26H19NO7S3/c28-35(29,23-12-6-2-7-13-23)27(36(30,31)24-14-8-3-9-15-24)22-16-17-25-21(18-22)19-26(37(32,33)34-25)20-10-4-1-5-11-20/h1-19H. The molecule has 4 aromatic carbocycles. The molecule has 1 aliphatic rings. The number of anilines is 1. The Labute approximate surface area is 215 Å². The molecule has 0 spiro atoms. The third-order valence-electron chi connectivity index (χ3n) is 5.54. The van der Waals surface area contributed by atoms with Gasteiger partial charge in [0.2, 0.25) is 0 Å². The van der Waals surface area contributed by atoms with Crippen molar-refractivity contribution in [3.05, 3.63) is 120 Å². The maximum Gasteiger partial charge on any atom is 0.339 e. The highest BCUT2D eigenvalue weighted by Crippen LogP contribution is 2.39. The minimum Gasteiger partial charge on any atom is -0.378 e. The number of hydrogen-bond donors (Lipinski definition) is 0. The maximum atomic E-state index is 13.7. The second kappa shape index (κ2) is 9.18. The third kappa shape index (κ3) is 4.52. The fourth-order valence-corrected chi connectivity index (χ4v) is 8.72. The van der Waals surface area contributed by atoms with Gasteiger partial charge in [-0.15, -0.1) is 0 Å². The summed E-state index contributed by atoms with van der Waals surface area (Å²) in [4.78, 5) is -0.598. The Kier molecular flexibility index (Phi) is 6.14. The minimum absolute atomic E-state index is 0.0578. The van der Waals surface area contributed by atoms with Crippen LogP contribution in [-0.2, 0) is 30.2 Å². The second-order valence-electron chi connectivity index (χ2n) is 7.97. The lowest BCUT2D eigenvalue weighted by molar-refractivity contribution is 0.496. The van der Waals surface area contributed by atoms with Crippen LogP contribution in [0, 0.1) is 0 Å². The zero-order valence-electron chi connectivity index (χ0n) is 19.0. The number of nitrogens with zero attached hydrogens (tertiary/aromatic N) is 1. The van der Waals surface area contributed by atoms with Crippen LogP contribution in [0.2, 0.25) is 0 Å². The van der Waals surface area contributed by atoms with Crippen LogP contribution >= 0.6 is 0 Å². The normalized spacial score (nSPS) is 14.6. The Bertz CT molecular complexity index is 1750. The first kappa shape index (κ1) is 24.8. The highest BCUT2D eigenvalue weighted by molar-refractivity contribution is 8.10. The predicted molar refractivity (Wildman–Crippen MR) is 140 cm³/mol. The number of benzene rings is 4. The van der Waals surface area contributed by atoms with Gasteiger partial charge in [0, 0.05) is 5.56 Å². The van der Waals surface area contributed by atoms with E-state index in [4.69, 9.17) is 4.18 Å². The largest absolute Gasteiger partial charge is 0.378 e. The van der Waals surface area contributed by atoms with Crippen LogP contribution in [0.4, 0.5) is 5.69 Å². The summed E-state index contributed by atoms with van der Waals surface area (Å²) in [5.41, 5.74) is 0.352. The van der Waals surface area contributed by atoms with E-state index < -0.39 is 30.2 Å². The van der Waals surface area contributed by atoms with Crippen molar-refractivity contribution >= 4 is 46.8 Å². The van der Waals surface area contributed by atoms with E-state index >= 15 is 0 Å². The van der Waals surface area contributed by atoms with E-state index in [0.717, 1.165) is 0 Å². The van der Waals surface area contributed by atoms with Gasteiger partial charge in [-0.3, -0.25) is 0 Å². The molecule has 0 aromatic heterocycles. The monoisotopic (exact) mass is 553 g/mol. The molecular weight excluding hydrogens is 534 g/mol. The summed E-state index contributed by atoms with van der Waals surface area (Å²) in [6.07, 6.45) is 1.33. The molecule has 5 rings (SSSR count). The predicted octanol–water partition coefficient (Wildman–Crippen LogP) is 4.49. The topological polar surface area (TPSA) is 115 Å². The van der Waals surface area contributed by atoms with Crippen LogP contribution < -0.4 is 7.89 Å². The Hall–Kier alpha value is -3.93. The molecule has 188 valence electrons. The van der Waals surface area contributed by atoms with Gasteiger partial charge in [-0.25, -0.2) is 16.8 Å². The van der Waals surface area contributed by atoms with Crippen LogP contribution in [0.1, 0.15) is 11.1 Å². The first-order valence-corrected chi connectivity index (χ1v) is 15.2. The zero-order chi connectivity index (χ0) is 26.3. The van der Waals surface area contributed by atoms with Gasteiger partial charge < -0.3 is 4.18 Å². The van der Waals surface area contributed by atoms with Crippen molar-refractivity contribution in [1.29, 1.82) is 0 Å². The summed E-state index contributed by atoms with van der Waals surface area (Å²) in [7, 11) is -13.4. The van der Waals surface area contributed by atoms with Crippen molar-refractivity contribution in [3.63, 3.8) is 0 Å². The SMILES string of the molecule is O=S1(=O)Oc2ccc(N(S(=O)(=O)c3ccccc3)S(=O)(=O)c3ccccc3)cc2C=C1c1ccccc1. The quantitative estimate of drug-likeness (QED) is 0.323. The maximum absolute atomic E-state index is 13.7.